The molecule has 0 saturated heterocycles. The summed E-state index contributed by atoms with van der Waals surface area (Å²) >= 11 is 0. The van der Waals surface area contributed by atoms with Crippen LogP contribution in [0.25, 0.3) is 0 Å². The molecule has 0 aliphatic rings. The third kappa shape index (κ3) is 5.35. The molecule has 0 radical (unpaired) electrons. The van der Waals surface area contributed by atoms with Crippen molar-refractivity contribution >= 4 is 11.8 Å². The van der Waals surface area contributed by atoms with Crippen molar-refractivity contribution in [1.82, 2.24) is 0 Å². The first kappa shape index (κ1) is 13.9. The van der Waals surface area contributed by atoms with Gasteiger partial charge in [0.2, 0.25) is 0 Å². The average Bonchev–Trinajstić information content (AvgIpc) is 2.13. The molecule has 0 fully saturated rings. The normalized spacial score (nSPS) is 11.3. The largest absolute Gasteiger partial charge is 0.465 e. The van der Waals surface area contributed by atoms with Crippen LogP contribution in [0.1, 0.15) is 34.1 Å². The van der Waals surface area contributed by atoms with Gasteiger partial charge in [0.25, 0.3) is 0 Å². The highest BCUT2D eigenvalue weighted by Crippen LogP contribution is 2.23. The van der Waals surface area contributed by atoms with E-state index in [1.807, 2.05) is 13.8 Å². The Morgan fingerprint density at radius 1 is 1.40 bits per heavy atom. The first-order valence-corrected chi connectivity index (χ1v) is 5.12. The van der Waals surface area contributed by atoms with E-state index in [1.54, 1.807) is 13.8 Å². The molecule has 3 nitrogen and oxygen atoms in total. The summed E-state index contributed by atoms with van der Waals surface area (Å²) in [6, 6.07) is 0. The molecule has 0 aromatic heterocycles. The summed E-state index contributed by atoms with van der Waals surface area (Å²) in [6.07, 6.45) is 1.38. The molecule has 15 heavy (non-hydrogen) atoms. The second-order valence-corrected chi connectivity index (χ2v) is 4.72. The fourth-order valence-corrected chi connectivity index (χ4v) is 1.02. The number of hydrogen-bond acceptors (Lipinski definition) is 3. The van der Waals surface area contributed by atoms with Gasteiger partial charge in [-0.2, -0.15) is 0 Å². The summed E-state index contributed by atoms with van der Waals surface area (Å²) in [5.41, 5.74) is -0.764. The maximum absolute atomic E-state index is 11.6. The highest BCUT2D eigenvalue weighted by atomic mass is 16.5. The Labute approximate surface area is 91.5 Å². The van der Waals surface area contributed by atoms with E-state index in [0.717, 1.165) is 0 Å². The smallest absolute Gasteiger partial charge is 0.311 e. The van der Waals surface area contributed by atoms with E-state index in [2.05, 4.69) is 6.58 Å². The van der Waals surface area contributed by atoms with E-state index >= 15 is 0 Å². The number of esters is 1. The number of ketones is 1. The standard InChI is InChI=1S/C12H20O3/c1-6-10(13)7-12(4,5)11(14)15-8-9(2)3/h6,9H,1,7-8H2,2-5H3. The highest BCUT2D eigenvalue weighted by Gasteiger charge is 2.31. The number of rotatable bonds is 6. The fourth-order valence-electron chi connectivity index (χ4n) is 1.02. The van der Waals surface area contributed by atoms with Gasteiger partial charge in [-0.15, -0.1) is 0 Å². The van der Waals surface area contributed by atoms with Gasteiger partial charge < -0.3 is 4.74 Å². The molecular weight excluding hydrogens is 192 g/mol. The minimum absolute atomic E-state index is 0.138. The molecular formula is C12H20O3. The van der Waals surface area contributed by atoms with Crippen LogP contribution >= 0.6 is 0 Å². The Morgan fingerprint density at radius 3 is 2.33 bits per heavy atom. The molecule has 0 rings (SSSR count). The van der Waals surface area contributed by atoms with E-state index in [-0.39, 0.29) is 18.2 Å². The second-order valence-electron chi connectivity index (χ2n) is 4.72. The summed E-state index contributed by atoms with van der Waals surface area (Å²) in [4.78, 5) is 22.8. The zero-order chi connectivity index (χ0) is 12.1. The van der Waals surface area contributed by atoms with Gasteiger partial charge in [0.05, 0.1) is 12.0 Å². The number of carbonyl (C=O) groups is 2. The van der Waals surface area contributed by atoms with Crippen molar-refractivity contribution in [3.63, 3.8) is 0 Å². The van der Waals surface area contributed by atoms with Gasteiger partial charge in [-0.3, -0.25) is 9.59 Å². The van der Waals surface area contributed by atoms with Crippen LogP contribution in [-0.4, -0.2) is 18.4 Å². The molecule has 0 atom stereocenters. The third-order valence-corrected chi connectivity index (χ3v) is 1.94. The van der Waals surface area contributed by atoms with Gasteiger partial charge in [-0.05, 0) is 25.8 Å². The molecule has 0 bridgehead atoms. The minimum atomic E-state index is -0.764. The lowest BCUT2D eigenvalue weighted by atomic mass is 9.87. The Bertz CT molecular complexity index is 252. The Balaban J connectivity index is 4.25. The van der Waals surface area contributed by atoms with Gasteiger partial charge in [0.15, 0.2) is 5.78 Å². The van der Waals surface area contributed by atoms with Crippen LogP contribution in [0, 0.1) is 11.3 Å². The quantitative estimate of drug-likeness (QED) is 0.501. The van der Waals surface area contributed by atoms with Crippen LogP contribution < -0.4 is 0 Å². The van der Waals surface area contributed by atoms with E-state index in [0.29, 0.717) is 12.5 Å². The van der Waals surface area contributed by atoms with Gasteiger partial charge >= 0.3 is 5.97 Å². The van der Waals surface area contributed by atoms with Crippen molar-refractivity contribution in [2.75, 3.05) is 6.61 Å². The zero-order valence-electron chi connectivity index (χ0n) is 10.0. The van der Waals surface area contributed by atoms with Crippen molar-refractivity contribution in [1.29, 1.82) is 0 Å². The van der Waals surface area contributed by atoms with E-state index in [1.165, 1.54) is 6.08 Å². The van der Waals surface area contributed by atoms with Gasteiger partial charge in [-0.1, -0.05) is 20.4 Å². The van der Waals surface area contributed by atoms with E-state index in [9.17, 15) is 9.59 Å². The van der Waals surface area contributed by atoms with Crippen molar-refractivity contribution < 1.29 is 14.3 Å². The van der Waals surface area contributed by atoms with Crippen molar-refractivity contribution in [2.24, 2.45) is 11.3 Å². The van der Waals surface area contributed by atoms with Crippen LogP contribution in [0.5, 0.6) is 0 Å². The van der Waals surface area contributed by atoms with Gasteiger partial charge in [0, 0.05) is 6.42 Å². The van der Waals surface area contributed by atoms with Gasteiger partial charge in [0.1, 0.15) is 0 Å². The molecule has 0 aliphatic carbocycles. The maximum atomic E-state index is 11.6. The molecule has 0 spiro atoms. The lowest BCUT2D eigenvalue weighted by Gasteiger charge is -2.21. The lowest BCUT2D eigenvalue weighted by molar-refractivity contribution is -0.156. The van der Waals surface area contributed by atoms with Crippen molar-refractivity contribution in [3.8, 4) is 0 Å². The third-order valence-electron chi connectivity index (χ3n) is 1.94. The van der Waals surface area contributed by atoms with E-state index in [4.69, 9.17) is 4.74 Å². The average molecular weight is 212 g/mol. The van der Waals surface area contributed by atoms with Crippen molar-refractivity contribution in [2.45, 2.75) is 34.1 Å². The van der Waals surface area contributed by atoms with Crippen molar-refractivity contribution in [3.05, 3.63) is 12.7 Å². The first-order chi connectivity index (χ1) is 6.79. The van der Waals surface area contributed by atoms with Crippen LogP contribution in [0.2, 0.25) is 0 Å². The first-order valence-electron chi connectivity index (χ1n) is 5.12. The molecule has 0 N–H and O–H groups in total. The SMILES string of the molecule is C=CC(=O)CC(C)(C)C(=O)OCC(C)C. The van der Waals surface area contributed by atoms with Crippen LogP contribution in [0.4, 0.5) is 0 Å². The Hall–Kier alpha value is -1.12. The number of ether oxygens (including phenoxy) is 1. The summed E-state index contributed by atoms with van der Waals surface area (Å²) in [5, 5.41) is 0. The van der Waals surface area contributed by atoms with E-state index < -0.39 is 5.41 Å². The molecule has 3 heteroatoms. The monoisotopic (exact) mass is 212 g/mol. The molecule has 0 aromatic rings. The maximum Gasteiger partial charge on any atom is 0.311 e. The molecule has 0 saturated carbocycles. The minimum Gasteiger partial charge on any atom is -0.465 e. The molecule has 0 aliphatic heterocycles. The Morgan fingerprint density at radius 2 is 1.93 bits per heavy atom. The number of allylic oxidation sites excluding steroid dienone is 1. The lowest BCUT2D eigenvalue weighted by Crippen LogP contribution is -2.30. The molecule has 0 aromatic carbocycles. The summed E-state index contributed by atoms with van der Waals surface area (Å²) in [6.45, 7) is 11.1. The highest BCUT2D eigenvalue weighted by molar-refractivity contribution is 5.93. The van der Waals surface area contributed by atoms with Crippen LogP contribution in [0.3, 0.4) is 0 Å². The topological polar surface area (TPSA) is 43.4 Å². The molecule has 0 amide bonds. The molecule has 86 valence electrons. The van der Waals surface area contributed by atoms with Crippen LogP contribution in [0.15, 0.2) is 12.7 Å². The summed E-state index contributed by atoms with van der Waals surface area (Å²) in [5.74, 6) is -0.159. The predicted molar refractivity (Wildman–Crippen MR) is 59.4 cm³/mol. The Kier molecular flexibility index (Phi) is 5.26. The summed E-state index contributed by atoms with van der Waals surface area (Å²) < 4.78 is 5.09. The van der Waals surface area contributed by atoms with Crippen LogP contribution in [-0.2, 0) is 14.3 Å². The fraction of sp³-hybridized carbons (Fsp3) is 0.667. The second kappa shape index (κ2) is 5.69. The summed E-state index contributed by atoms with van der Waals surface area (Å²) in [7, 11) is 0. The molecule has 0 heterocycles. The number of carbonyl (C=O) groups excluding carboxylic acids is 2. The number of hydrogen-bond donors (Lipinski definition) is 0. The molecule has 0 unspecified atom stereocenters. The predicted octanol–water partition coefficient (Wildman–Crippen LogP) is 2.36. The zero-order valence-corrected chi connectivity index (χ0v) is 10.0. The van der Waals surface area contributed by atoms with Gasteiger partial charge in [-0.25, -0.2) is 0 Å².